The lowest BCUT2D eigenvalue weighted by atomic mass is 9.98. The maximum absolute atomic E-state index is 12.5. The fourth-order valence-corrected chi connectivity index (χ4v) is 2.22. The monoisotopic (exact) mass is 282 g/mol. The van der Waals surface area contributed by atoms with Crippen molar-refractivity contribution in [3.05, 3.63) is 47.5 Å². The fraction of sp³-hybridized carbons (Fsp3) is 0.188. The molecule has 0 unspecified atom stereocenters. The molecule has 0 atom stereocenters. The Hall–Kier alpha value is -2.87. The van der Waals surface area contributed by atoms with E-state index >= 15 is 0 Å². The topological polar surface area (TPSA) is 81.4 Å². The third-order valence-electron chi connectivity index (χ3n) is 3.27. The van der Waals surface area contributed by atoms with Crippen LogP contribution in [0.2, 0.25) is 0 Å². The SMILES string of the molecule is CN(CCC#N)C(=O)c1cccc2cccc(C(=O)O)c12. The number of nitriles is 1. The number of hydrogen-bond acceptors (Lipinski definition) is 3. The average molecular weight is 282 g/mol. The van der Waals surface area contributed by atoms with Crippen LogP contribution in [0.1, 0.15) is 27.1 Å². The summed E-state index contributed by atoms with van der Waals surface area (Å²) in [5, 5.41) is 19.0. The summed E-state index contributed by atoms with van der Waals surface area (Å²) in [6.07, 6.45) is 0.235. The Balaban J connectivity index is 2.56. The van der Waals surface area contributed by atoms with Gasteiger partial charge in [0.1, 0.15) is 0 Å². The van der Waals surface area contributed by atoms with Crippen molar-refractivity contribution < 1.29 is 14.7 Å². The Morgan fingerprint density at radius 3 is 2.38 bits per heavy atom. The molecule has 0 saturated heterocycles. The molecule has 2 aromatic rings. The van der Waals surface area contributed by atoms with Gasteiger partial charge in [-0.25, -0.2) is 4.79 Å². The molecular weight excluding hydrogens is 268 g/mol. The molecule has 0 fully saturated rings. The van der Waals surface area contributed by atoms with E-state index in [4.69, 9.17) is 5.26 Å². The van der Waals surface area contributed by atoms with Crippen molar-refractivity contribution in [2.24, 2.45) is 0 Å². The molecule has 0 aromatic heterocycles. The molecule has 0 aliphatic rings. The molecule has 1 amide bonds. The van der Waals surface area contributed by atoms with Gasteiger partial charge in [-0.05, 0) is 17.5 Å². The third-order valence-corrected chi connectivity index (χ3v) is 3.27. The molecule has 0 radical (unpaired) electrons. The van der Waals surface area contributed by atoms with Crippen LogP contribution in [0, 0.1) is 11.3 Å². The number of aromatic carboxylic acids is 1. The zero-order valence-electron chi connectivity index (χ0n) is 11.5. The van der Waals surface area contributed by atoms with Crippen LogP contribution in [-0.4, -0.2) is 35.5 Å². The van der Waals surface area contributed by atoms with E-state index in [2.05, 4.69) is 0 Å². The second-order valence-corrected chi connectivity index (χ2v) is 4.65. The van der Waals surface area contributed by atoms with Crippen molar-refractivity contribution in [1.82, 2.24) is 4.90 Å². The van der Waals surface area contributed by atoms with Crippen LogP contribution in [0.3, 0.4) is 0 Å². The lowest BCUT2D eigenvalue weighted by molar-refractivity contribution is 0.0699. The van der Waals surface area contributed by atoms with Crippen molar-refractivity contribution in [1.29, 1.82) is 5.26 Å². The van der Waals surface area contributed by atoms with Gasteiger partial charge in [0.05, 0.1) is 18.1 Å². The minimum Gasteiger partial charge on any atom is -0.478 e. The Bertz CT molecular complexity index is 742. The van der Waals surface area contributed by atoms with Crippen LogP contribution in [0.15, 0.2) is 36.4 Å². The predicted octanol–water partition coefficient (Wildman–Crippen LogP) is 2.52. The summed E-state index contributed by atoms with van der Waals surface area (Å²) in [7, 11) is 1.60. The zero-order chi connectivity index (χ0) is 15.4. The Morgan fingerprint density at radius 2 is 1.81 bits per heavy atom. The fourth-order valence-electron chi connectivity index (χ4n) is 2.22. The van der Waals surface area contributed by atoms with Crippen LogP contribution < -0.4 is 0 Å². The molecule has 106 valence electrons. The first-order chi connectivity index (χ1) is 10.1. The van der Waals surface area contributed by atoms with Gasteiger partial charge in [-0.15, -0.1) is 0 Å². The number of carbonyl (C=O) groups excluding carboxylic acids is 1. The first-order valence-corrected chi connectivity index (χ1v) is 6.43. The number of carboxylic acids is 1. The van der Waals surface area contributed by atoms with Crippen molar-refractivity contribution in [2.45, 2.75) is 6.42 Å². The summed E-state index contributed by atoms with van der Waals surface area (Å²) in [6.45, 7) is 0.307. The maximum Gasteiger partial charge on any atom is 0.336 e. The second kappa shape index (κ2) is 6.06. The van der Waals surface area contributed by atoms with Gasteiger partial charge in [-0.1, -0.05) is 24.3 Å². The van der Waals surface area contributed by atoms with Crippen LogP contribution in [0.5, 0.6) is 0 Å². The van der Waals surface area contributed by atoms with Gasteiger partial charge >= 0.3 is 5.97 Å². The van der Waals surface area contributed by atoms with Gasteiger partial charge in [0, 0.05) is 24.5 Å². The van der Waals surface area contributed by atoms with Crippen molar-refractivity contribution in [3.63, 3.8) is 0 Å². The van der Waals surface area contributed by atoms with E-state index in [1.54, 1.807) is 37.4 Å². The van der Waals surface area contributed by atoms with E-state index in [1.165, 1.54) is 11.0 Å². The number of fused-ring (bicyclic) bond motifs is 1. The van der Waals surface area contributed by atoms with Gasteiger partial charge < -0.3 is 10.0 Å². The molecule has 2 aromatic carbocycles. The van der Waals surface area contributed by atoms with E-state index < -0.39 is 5.97 Å². The van der Waals surface area contributed by atoms with Crippen LogP contribution in [0.25, 0.3) is 10.8 Å². The highest BCUT2D eigenvalue weighted by molar-refractivity contribution is 6.14. The first kappa shape index (κ1) is 14.5. The van der Waals surface area contributed by atoms with E-state index in [-0.39, 0.29) is 17.9 Å². The van der Waals surface area contributed by atoms with Gasteiger partial charge in [-0.3, -0.25) is 4.79 Å². The number of benzene rings is 2. The molecule has 0 heterocycles. The summed E-state index contributed by atoms with van der Waals surface area (Å²) in [5.41, 5.74) is 0.441. The average Bonchev–Trinajstić information content (AvgIpc) is 2.50. The highest BCUT2D eigenvalue weighted by atomic mass is 16.4. The van der Waals surface area contributed by atoms with Crippen LogP contribution >= 0.6 is 0 Å². The standard InChI is InChI=1S/C16H14N2O3/c1-18(10-4-9-17)15(19)12-7-2-5-11-6-3-8-13(14(11)12)16(20)21/h2-3,5-8H,4,10H2,1H3,(H,20,21). The molecule has 2 rings (SSSR count). The number of nitrogens with zero attached hydrogens (tertiary/aromatic N) is 2. The van der Waals surface area contributed by atoms with Crippen LogP contribution in [0.4, 0.5) is 0 Å². The lowest BCUT2D eigenvalue weighted by Crippen LogP contribution is -2.28. The minimum atomic E-state index is -1.07. The smallest absolute Gasteiger partial charge is 0.336 e. The molecule has 0 aliphatic heterocycles. The zero-order valence-corrected chi connectivity index (χ0v) is 11.5. The Kier molecular flexibility index (Phi) is 4.19. The van der Waals surface area contributed by atoms with Gasteiger partial charge in [-0.2, -0.15) is 5.26 Å². The number of rotatable bonds is 4. The molecule has 0 saturated carbocycles. The highest BCUT2D eigenvalue weighted by Crippen LogP contribution is 2.24. The largest absolute Gasteiger partial charge is 0.478 e. The number of hydrogen-bond donors (Lipinski definition) is 1. The van der Waals surface area contributed by atoms with E-state index in [0.717, 1.165) is 0 Å². The molecule has 1 N–H and O–H groups in total. The lowest BCUT2D eigenvalue weighted by Gasteiger charge is -2.17. The Labute approximate surface area is 122 Å². The summed E-state index contributed by atoms with van der Waals surface area (Å²) < 4.78 is 0. The first-order valence-electron chi connectivity index (χ1n) is 6.43. The predicted molar refractivity (Wildman–Crippen MR) is 78.1 cm³/mol. The molecule has 0 bridgehead atoms. The minimum absolute atomic E-state index is 0.102. The molecular formula is C16H14N2O3. The summed E-state index contributed by atoms with van der Waals surface area (Å²) in [5.74, 6) is -1.36. The quantitative estimate of drug-likeness (QED) is 0.934. The normalized spacial score (nSPS) is 10.1. The van der Waals surface area contributed by atoms with Crippen LogP contribution in [-0.2, 0) is 0 Å². The Morgan fingerprint density at radius 1 is 1.19 bits per heavy atom. The van der Waals surface area contributed by atoms with Crippen molar-refractivity contribution in [3.8, 4) is 6.07 Å². The van der Waals surface area contributed by atoms with Gasteiger partial charge in [0.15, 0.2) is 0 Å². The van der Waals surface area contributed by atoms with Crippen molar-refractivity contribution >= 4 is 22.6 Å². The number of carboxylic acid groups (broad SMARTS) is 1. The van der Waals surface area contributed by atoms with E-state index in [9.17, 15) is 14.7 Å². The number of carbonyl (C=O) groups is 2. The van der Waals surface area contributed by atoms with E-state index in [1.807, 2.05) is 6.07 Å². The summed E-state index contributed by atoms with van der Waals surface area (Å²) in [6, 6.07) is 12.0. The van der Waals surface area contributed by atoms with Crippen molar-refractivity contribution in [2.75, 3.05) is 13.6 Å². The molecule has 21 heavy (non-hydrogen) atoms. The summed E-state index contributed by atoms with van der Waals surface area (Å²) >= 11 is 0. The molecule has 5 heteroatoms. The van der Waals surface area contributed by atoms with Gasteiger partial charge in [0.2, 0.25) is 0 Å². The molecule has 0 spiro atoms. The van der Waals surface area contributed by atoms with Gasteiger partial charge in [0.25, 0.3) is 5.91 Å². The maximum atomic E-state index is 12.5. The number of amides is 1. The highest BCUT2D eigenvalue weighted by Gasteiger charge is 2.18. The molecule has 5 nitrogen and oxygen atoms in total. The molecule has 0 aliphatic carbocycles. The second-order valence-electron chi connectivity index (χ2n) is 4.65. The van der Waals surface area contributed by atoms with E-state index in [0.29, 0.717) is 22.9 Å². The third kappa shape index (κ3) is 2.84. The summed E-state index contributed by atoms with van der Waals surface area (Å²) in [4.78, 5) is 25.3.